The lowest BCUT2D eigenvalue weighted by molar-refractivity contribution is -0.125. The number of carbonyl (C=O) groups excluding carboxylic acids is 2. The number of nitrogens with zero attached hydrogens (tertiary/aromatic N) is 1. The Balaban J connectivity index is 1.26. The summed E-state index contributed by atoms with van der Waals surface area (Å²) in [4.78, 5) is 30.8. The van der Waals surface area contributed by atoms with Crippen molar-refractivity contribution in [2.75, 3.05) is 10.6 Å². The van der Waals surface area contributed by atoms with Crippen molar-refractivity contribution in [2.45, 2.75) is 89.9 Å². The molecule has 0 spiro atoms. The highest BCUT2D eigenvalue weighted by molar-refractivity contribution is 6.00. The van der Waals surface area contributed by atoms with E-state index in [2.05, 4.69) is 15.6 Å². The molecule has 5 rings (SSSR count). The van der Waals surface area contributed by atoms with Crippen LogP contribution in [0.1, 0.15) is 89.9 Å². The average molecular weight is 438 g/mol. The van der Waals surface area contributed by atoms with Crippen LogP contribution in [0, 0.1) is 35.5 Å². The Morgan fingerprint density at radius 2 is 1.16 bits per heavy atom. The van der Waals surface area contributed by atoms with E-state index in [1.54, 1.807) is 12.4 Å². The van der Waals surface area contributed by atoms with Gasteiger partial charge in [0.25, 0.3) is 0 Å². The monoisotopic (exact) mass is 437 g/mol. The summed E-state index contributed by atoms with van der Waals surface area (Å²) in [6.45, 7) is 0. The van der Waals surface area contributed by atoms with E-state index in [4.69, 9.17) is 0 Å². The first kappa shape index (κ1) is 21.9. The van der Waals surface area contributed by atoms with Gasteiger partial charge in [-0.15, -0.1) is 0 Å². The van der Waals surface area contributed by atoms with Crippen LogP contribution in [0.15, 0.2) is 18.5 Å². The number of pyridine rings is 1. The van der Waals surface area contributed by atoms with Gasteiger partial charge in [-0.1, -0.05) is 64.2 Å². The minimum atomic E-state index is 0.0964. The van der Waals surface area contributed by atoms with Gasteiger partial charge in [0.15, 0.2) is 0 Å². The smallest absolute Gasteiger partial charge is 0.227 e. The zero-order chi connectivity index (χ0) is 21.9. The van der Waals surface area contributed by atoms with Crippen molar-refractivity contribution in [2.24, 2.45) is 35.5 Å². The molecule has 6 unspecified atom stereocenters. The maximum absolute atomic E-state index is 13.3. The first-order valence-corrected chi connectivity index (χ1v) is 13.3. The standard InChI is InChI=1S/C27H39N3O2/c31-26(22-13-5-9-18-7-1-3-11-20(18)22)29-24-15-16-28-17-25(24)30-27(32)23-14-6-10-19-8-2-4-12-21(19)23/h15-23H,1-14H2,(H,30,32)(H,28,29,31). The Morgan fingerprint density at radius 1 is 0.656 bits per heavy atom. The molecule has 32 heavy (non-hydrogen) atoms. The molecule has 0 saturated heterocycles. The van der Waals surface area contributed by atoms with Crippen LogP contribution in [-0.2, 0) is 9.59 Å². The van der Waals surface area contributed by atoms with E-state index >= 15 is 0 Å². The molecule has 0 aromatic carbocycles. The van der Waals surface area contributed by atoms with Gasteiger partial charge in [-0.05, 0) is 55.4 Å². The highest BCUT2D eigenvalue weighted by Gasteiger charge is 2.40. The molecule has 4 aliphatic rings. The number of aromatic nitrogens is 1. The zero-order valence-electron chi connectivity index (χ0n) is 19.4. The van der Waals surface area contributed by atoms with Crippen LogP contribution in [0.5, 0.6) is 0 Å². The van der Waals surface area contributed by atoms with Gasteiger partial charge >= 0.3 is 0 Å². The summed E-state index contributed by atoms with van der Waals surface area (Å²) in [6, 6.07) is 1.83. The van der Waals surface area contributed by atoms with Gasteiger partial charge in [0.1, 0.15) is 0 Å². The second-order valence-corrected chi connectivity index (χ2v) is 10.9. The van der Waals surface area contributed by atoms with Gasteiger partial charge in [0, 0.05) is 18.0 Å². The molecule has 4 saturated carbocycles. The molecule has 5 heteroatoms. The van der Waals surface area contributed by atoms with Gasteiger partial charge in [0.2, 0.25) is 11.8 Å². The summed E-state index contributed by atoms with van der Waals surface area (Å²) in [5, 5.41) is 6.35. The van der Waals surface area contributed by atoms with Gasteiger partial charge in [-0.2, -0.15) is 0 Å². The molecule has 174 valence electrons. The van der Waals surface area contributed by atoms with Crippen LogP contribution in [0.4, 0.5) is 11.4 Å². The van der Waals surface area contributed by atoms with Crippen LogP contribution in [-0.4, -0.2) is 16.8 Å². The third kappa shape index (κ3) is 4.58. The fourth-order valence-corrected chi connectivity index (χ4v) is 7.58. The fourth-order valence-electron chi connectivity index (χ4n) is 7.58. The first-order valence-electron chi connectivity index (χ1n) is 13.3. The Bertz CT molecular complexity index is 754. The topological polar surface area (TPSA) is 71.1 Å². The number of rotatable bonds is 4. The van der Waals surface area contributed by atoms with E-state index in [1.807, 2.05) is 6.07 Å². The lowest BCUT2D eigenvalue weighted by atomic mass is 9.65. The minimum absolute atomic E-state index is 0.0964. The van der Waals surface area contributed by atoms with Crippen molar-refractivity contribution in [1.29, 1.82) is 0 Å². The van der Waals surface area contributed by atoms with Crippen LogP contribution in [0.2, 0.25) is 0 Å². The van der Waals surface area contributed by atoms with Crippen LogP contribution in [0.25, 0.3) is 0 Å². The lowest BCUT2D eigenvalue weighted by Gasteiger charge is -2.41. The number of amides is 2. The molecule has 0 aliphatic heterocycles. The maximum Gasteiger partial charge on any atom is 0.227 e. The molecule has 1 heterocycles. The normalized spacial score (nSPS) is 34.6. The Morgan fingerprint density at radius 3 is 1.75 bits per heavy atom. The Kier molecular flexibility index (Phi) is 6.80. The SMILES string of the molecule is O=C(Nc1ccncc1NC(=O)C1CCCC2CCCCC21)C1CCCC2CCCCC21. The van der Waals surface area contributed by atoms with Crippen molar-refractivity contribution in [3.8, 4) is 0 Å². The molecule has 1 aromatic rings. The van der Waals surface area contributed by atoms with E-state index in [-0.39, 0.29) is 23.7 Å². The van der Waals surface area contributed by atoms with Crippen molar-refractivity contribution < 1.29 is 9.59 Å². The van der Waals surface area contributed by atoms with Crippen LogP contribution >= 0.6 is 0 Å². The molecule has 2 N–H and O–H groups in total. The first-order chi connectivity index (χ1) is 15.7. The van der Waals surface area contributed by atoms with Gasteiger partial charge in [0.05, 0.1) is 17.6 Å². The van der Waals surface area contributed by atoms with Crippen LogP contribution < -0.4 is 10.6 Å². The second-order valence-electron chi connectivity index (χ2n) is 10.9. The molecule has 6 atom stereocenters. The third-order valence-electron chi connectivity index (χ3n) is 9.16. The van der Waals surface area contributed by atoms with E-state index < -0.39 is 0 Å². The number of nitrogens with one attached hydrogen (secondary N) is 2. The van der Waals surface area contributed by atoms with E-state index in [1.165, 1.54) is 64.2 Å². The Hall–Kier alpha value is -1.91. The average Bonchev–Trinajstić information content (AvgIpc) is 2.84. The number of hydrogen-bond acceptors (Lipinski definition) is 3. The zero-order valence-corrected chi connectivity index (χ0v) is 19.4. The number of carbonyl (C=O) groups is 2. The molecule has 4 aliphatic carbocycles. The minimum Gasteiger partial charge on any atom is -0.324 e. The summed E-state index contributed by atoms with van der Waals surface area (Å²) >= 11 is 0. The molecule has 2 amide bonds. The van der Waals surface area contributed by atoms with Crippen LogP contribution in [0.3, 0.4) is 0 Å². The summed E-state index contributed by atoms with van der Waals surface area (Å²) in [7, 11) is 0. The third-order valence-corrected chi connectivity index (χ3v) is 9.16. The van der Waals surface area contributed by atoms with E-state index in [0.717, 1.165) is 37.5 Å². The quantitative estimate of drug-likeness (QED) is 0.591. The molecular formula is C27H39N3O2. The highest BCUT2D eigenvalue weighted by Crippen LogP contribution is 2.45. The number of fused-ring (bicyclic) bond motifs is 2. The predicted octanol–water partition coefficient (Wildman–Crippen LogP) is 6.17. The largest absolute Gasteiger partial charge is 0.324 e. The molecule has 5 nitrogen and oxygen atoms in total. The lowest BCUT2D eigenvalue weighted by Crippen LogP contribution is -2.39. The van der Waals surface area contributed by atoms with Gasteiger partial charge < -0.3 is 10.6 Å². The highest BCUT2D eigenvalue weighted by atomic mass is 16.2. The van der Waals surface area contributed by atoms with Crippen molar-refractivity contribution >= 4 is 23.2 Å². The predicted molar refractivity (Wildman–Crippen MR) is 127 cm³/mol. The van der Waals surface area contributed by atoms with Gasteiger partial charge in [-0.3, -0.25) is 14.6 Å². The van der Waals surface area contributed by atoms with E-state index in [9.17, 15) is 9.59 Å². The summed E-state index contributed by atoms with van der Waals surface area (Å²) in [6.07, 6.45) is 20.3. The summed E-state index contributed by atoms with van der Waals surface area (Å²) in [5.41, 5.74) is 1.35. The Labute approximate surface area is 192 Å². The van der Waals surface area contributed by atoms with E-state index in [0.29, 0.717) is 23.2 Å². The van der Waals surface area contributed by atoms with Gasteiger partial charge in [-0.25, -0.2) is 0 Å². The summed E-state index contributed by atoms with van der Waals surface area (Å²) in [5.74, 6) is 2.95. The molecular weight excluding hydrogens is 398 g/mol. The number of hydrogen-bond donors (Lipinski definition) is 2. The fraction of sp³-hybridized carbons (Fsp3) is 0.741. The second kappa shape index (κ2) is 9.93. The number of anilines is 2. The maximum atomic E-state index is 13.3. The molecule has 0 bridgehead atoms. The van der Waals surface area contributed by atoms with Crippen molar-refractivity contribution in [1.82, 2.24) is 4.98 Å². The molecule has 0 radical (unpaired) electrons. The molecule has 4 fully saturated rings. The van der Waals surface area contributed by atoms with Crippen molar-refractivity contribution in [3.05, 3.63) is 18.5 Å². The summed E-state index contributed by atoms with van der Waals surface area (Å²) < 4.78 is 0. The molecule has 1 aromatic heterocycles. The van der Waals surface area contributed by atoms with Crippen molar-refractivity contribution in [3.63, 3.8) is 0 Å².